The van der Waals surface area contributed by atoms with Crippen LogP contribution in [0.15, 0.2) is 78.4 Å². The topological polar surface area (TPSA) is 90.1 Å². The average Bonchev–Trinajstić information content (AvgIpc) is 3.41. The summed E-state index contributed by atoms with van der Waals surface area (Å²) >= 11 is 1.60. The molecule has 0 unspecified atom stereocenters. The van der Waals surface area contributed by atoms with E-state index in [0.717, 1.165) is 16.1 Å². The van der Waals surface area contributed by atoms with E-state index >= 15 is 0 Å². The molecule has 138 valence electrons. The zero-order valence-electron chi connectivity index (χ0n) is 14.5. The van der Waals surface area contributed by atoms with Crippen LogP contribution in [0.4, 0.5) is 11.4 Å². The molecule has 2 heterocycles. The van der Waals surface area contributed by atoms with E-state index in [2.05, 4.69) is 10.4 Å². The number of nitro groups is 1. The van der Waals surface area contributed by atoms with Crippen LogP contribution in [0.2, 0.25) is 0 Å². The molecule has 4 aromatic rings. The van der Waals surface area contributed by atoms with Crippen molar-refractivity contribution in [2.75, 3.05) is 5.32 Å². The van der Waals surface area contributed by atoms with Gasteiger partial charge >= 0.3 is 0 Å². The number of anilines is 1. The Balaban J connectivity index is 1.55. The van der Waals surface area contributed by atoms with Gasteiger partial charge in [-0.3, -0.25) is 14.9 Å². The molecule has 28 heavy (non-hydrogen) atoms. The van der Waals surface area contributed by atoms with E-state index in [-0.39, 0.29) is 11.6 Å². The Morgan fingerprint density at radius 2 is 1.86 bits per heavy atom. The SMILES string of the molecule is O=C(Nc1ccccc1-c1cccs1)c1cnn(-c2ccc([N+](=O)[O-])cc2)c1. The lowest BCUT2D eigenvalue weighted by atomic mass is 10.1. The third kappa shape index (κ3) is 3.53. The second kappa shape index (κ2) is 7.45. The van der Waals surface area contributed by atoms with Gasteiger partial charge in [0, 0.05) is 34.5 Å². The first kappa shape index (κ1) is 17.6. The molecule has 1 N–H and O–H groups in total. The molecular formula is C20H14N4O3S. The monoisotopic (exact) mass is 390 g/mol. The number of aromatic nitrogens is 2. The normalized spacial score (nSPS) is 10.6. The minimum absolute atomic E-state index is 0.000873. The van der Waals surface area contributed by atoms with Crippen LogP contribution >= 0.6 is 11.3 Å². The molecule has 0 saturated heterocycles. The second-order valence-corrected chi connectivity index (χ2v) is 6.87. The average molecular weight is 390 g/mol. The number of hydrogen-bond acceptors (Lipinski definition) is 5. The number of carbonyl (C=O) groups is 1. The van der Waals surface area contributed by atoms with Gasteiger partial charge in [0.15, 0.2) is 0 Å². The molecule has 0 saturated carbocycles. The summed E-state index contributed by atoms with van der Waals surface area (Å²) in [6, 6.07) is 17.5. The summed E-state index contributed by atoms with van der Waals surface area (Å²) in [7, 11) is 0. The second-order valence-electron chi connectivity index (χ2n) is 5.92. The number of thiophene rings is 1. The lowest BCUT2D eigenvalue weighted by molar-refractivity contribution is -0.384. The molecule has 4 rings (SSSR count). The van der Waals surface area contributed by atoms with Gasteiger partial charge in [-0.15, -0.1) is 11.3 Å². The van der Waals surface area contributed by atoms with Crippen molar-refractivity contribution in [3.8, 4) is 16.1 Å². The van der Waals surface area contributed by atoms with E-state index in [0.29, 0.717) is 11.3 Å². The highest BCUT2D eigenvalue weighted by molar-refractivity contribution is 7.13. The van der Waals surface area contributed by atoms with Crippen molar-refractivity contribution in [1.29, 1.82) is 0 Å². The third-order valence-electron chi connectivity index (χ3n) is 4.13. The summed E-state index contributed by atoms with van der Waals surface area (Å²) < 4.78 is 1.50. The summed E-state index contributed by atoms with van der Waals surface area (Å²) in [4.78, 5) is 24.0. The van der Waals surface area contributed by atoms with Gasteiger partial charge in [0.1, 0.15) is 0 Å². The largest absolute Gasteiger partial charge is 0.321 e. The van der Waals surface area contributed by atoms with Crippen LogP contribution < -0.4 is 5.32 Å². The first-order valence-corrected chi connectivity index (χ1v) is 9.23. The molecule has 0 spiro atoms. The van der Waals surface area contributed by atoms with E-state index in [4.69, 9.17) is 0 Å². The first-order valence-electron chi connectivity index (χ1n) is 8.35. The summed E-state index contributed by atoms with van der Waals surface area (Å²) in [5.41, 5.74) is 2.69. The molecular weight excluding hydrogens is 376 g/mol. The number of nitrogens with zero attached hydrogens (tertiary/aromatic N) is 3. The standard InChI is InChI=1S/C20H14N4O3S/c25-20(22-18-5-2-1-4-17(18)19-6-3-11-28-19)14-12-21-23(13-14)15-7-9-16(10-8-15)24(26)27/h1-13H,(H,22,25). The maximum Gasteiger partial charge on any atom is 0.269 e. The van der Waals surface area contributed by atoms with Crippen LogP contribution in [0, 0.1) is 10.1 Å². The highest BCUT2D eigenvalue weighted by Crippen LogP contribution is 2.31. The smallest absolute Gasteiger partial charge is 0.269 e. The highest BCUT2D eigenvalue weighted by Gasteiger charge is 2.13. The zero-order chi connectivity index (χ0) is 19.5. The van der Waals surface area contributed by atoms with Crippen molar-refractivity contribution in [2.24, 2.45) is 0 Å². The lowest BCUT2D eigenvalue weighted by Crippen LogP contribution is -2.11. The fourth-order valence-corrected chi connectivity index (χ4v) is 3.51. The number of para-hydroxylation sites is 1. The van der Waals surface area contributed by atoms with Crippen molar-refractivity contribution in [2.45, 2.75) is 0 Å². The van der Waals surface area contributed by atoms with Crippen LogP contribution in [0.25, 0.3) is 16.1 Å². The zero-order valence-corrected chi connectivity index (χ0v) is 15.3. The van der Waals surface area contributed by atoms with E-state index in [1.807, 2.05) is 41.8 Å². The van der Waals surface area contributed by atoms with Crippen molar-refractivity contribution >= 4 is 28.6 Å². The van der Waals surface area contributed by atoms with E-state index in [9.17, 15) is 14.9 Å². The van der Waals surface area contributed by atoms with E-state index in [1.54, 1.807) is 29.7 Å². The minimum Gasteiger partial charge on any atom is -0.321 e. The van der Waals surface area contributed by atoms with Gasteiger partial charge in [-0.05, 0) is 29.6 Å². The Labute approximate surface area is 164 Å². The molecule has 0 radical (unpaired) electrons. The molecule has 0 aliphatic carbocycles. The minimum atomic E-state index is -0.462. The Bertz CT molecular complexity index is 1130. The number of nitro benzene ring substituents is 1. The van der Waals surface area contributed by atoms with E-state index in [1.165, 1.54) is 23.0 Å². The number of rotatable bonds is 5. The number of benzene rings is 2. The number of nitrogens with one attached hydrogen (secondary N) is 1. The summed E-state index contributed by atoms with van der Waals surface area (Å²) in [5.74, 6) is -0.280. The van der Waals surface area contributed by atoms with Gasteiger partial charge in [-0.2, -0.15) is 5.10 Å². The number of non-ortho nitro benzene ring substituents is 1. The van der Waals surface area contributed by atoms with Crippen molar-refractivity contribution in [3.63, 3.8) is 0 Å². The molecule has 0 aliphatic rings. The maximum atomic E-state index is 12.7. The molecule has 0 atom stereocenters. The molecule has 2 aromatic heterocycles. The Morgan fingerprint density at radius 1 is 1.07 bits per heavy atom. The highest BCUT2D eigenvalue weighted by atomic mass is 32.1. The Kier molecular flexibility index (Phi) is 4.69. The molecule has 2 aromatic carbocycles. The van der Waals surface area contributed by atoms with Crippen LogP contribution in [0.5, 0.6) is 0 Å². The molecule has 7 nitrogen and oxygen atoms in total. The first-order chi connectivity index (χ1) is 13.6. The fourth-order valence-electron chi connectivity index (χ4n) is 2.74. The number of carbonyl (C=O) groups excluding carboxylic acids is 1. The predicted octanol–water partition coefficient (Wildman–Crippen LogP) is 4.76. The molecule has 0 fully saturated rings. The quantitative estimate of drug-likeness (QED) is 0.393. The summed E-state index contributed by atoms with van der Waals surface area (Å²) in [6.45, 7) is 0. The third-order valence-corrected chi connectivity index (χ3v) is 5.03. The molecule has 0 bridgehead atoms. The van der Waals surface area contributed by atoms with Crippen LogP contribution in [0.3, 0.4) is 0 Å². The molecule has 8 heteroatoms. The van der Waals surface area contributed by atoms with Gasteiger partial charge in [0.2, 0.25) is 0 Å². The van der Waals surface area contributed by atoms with Gasteiger partial charge < -0.3 is 5.32 Å². The Morgan fingerprint density at radius 3 is 2.57 bits per heavy atom. The number of amides is 1. The van der Waals surface area contributed by atoms with Gasteiger partial charge in [0.05, 0.1) is 22.4 Å². The number of hydrogen-bond donors (Lipinski definition) is 1. The molecule has 1 amide bonds. The van der Waals surface area contributed by atoms with Crippen LogP contribution in [-0.2, 0) is 0 Å². The fraction of sp³-hybridized carbons (Fsp3) is 0. The lowest BCUT2D eigenvalue weighted by Gasteiger charge is -2.09. The molecule has 0 aliphatic heterocycles. The summed E-state index contributed by atoms with van der Waals surface area (Å²) in [5, 5.41) is 19.9. The Hall–Kier alpha value is -3.78. The van der Waals surface area contributed by atoms with Gasteiger partial charge in [-0.25, -0.2) is 4.68 Å². The van der Waals surface area contributed by atoms with Gasteiger partial charge in [-0.1, -0.05) is 24.3 Å². The summed E-state index contributed by atoms with van der Waals surface area (Å²) in [6.07, 6.45) is 3.05. The van der Waals surface area contributed by atoms with Gasteiger partial charge in [0.25, 0.3) is 11.6 Å². The van der Waals surface area contributed by atoms with Crippen LogP contribution in [0.1, 0.15) is 10.4 Å². The van der Waals surface area contributed by atoms with Crippen molar-refractivity contribution in [3.05, 3.63) is 94.1 Å². The van der Waals surface area contributed by atoms with Crippen molar-refractivity contribution in [1.82, 2.24) is 9.78 Å². The van der Waals surface area contributed by atoms with Crippen molar-refractivity contribution < 1.29 is 9.72 Å². The predicted molar refractivity (Wildman–Crippen MR) is 108 cm³/mol. The van der Waals surface area contributed by atoms with E-state index < -0.39 is 4.92 Å². The maximum absolute atomic E-state index is 12.7. The van der Waals surface area contributed by atoms with Crippen LogP contribution in [-0.4, -0.2) is 20.6 Å².